The molecule has 0 bridgehead atoms. The summed E-state index contributed by atoms with van der Waals surface area (Å²) in [5.41, 5.74) is 1.76. The van der Waals surface area contributed by atoms with Gasteiger partial charge in [-0.05, 0) is 12.2 Å². The molecule has 1 atom stereocenters. The van der Waals surface area contributed by atoms with Crippen LogP contribution in [0.15, 0.2) is 34.5 Å². The van der Waals surface area contributed by atoms with Crippen molar-refractivity contribution < 1.29 is 0 Å². The second kappa shape index (κ2) is 2.06. The molecule has 2 heterocycles. The molecule has 3 heteroatoms. The molecule has 2 nitrogen and oxygen atoms in total. The summed E-state index contributed by atoms with van der Waals surface area (Å²) in [5.74, 6) is 0. The van der Waals surface area contributed by atoms with Crippen LogP contribution >= 0.6 is 11.6 Å². The molecule has 0 aromatic carbocycles. The Bertz CT molecular complexity index is 273. The van der Waals surface area contributed by atoms with Gasteiger partial charge in [-0.15, -0.1) is 11.6 Å². The molecule has 10 heavy (non-hydrogen) atoms. The van der Waals surface area contributed by atoms with Gasteiger partial charge in [-0.25, -0.2) is 0 Å². The first-order valence-electron chi connectivity index (χ1n) is 3.01. The lowest BCUT2D eigenvalue weighted by Gasteiger charge is -2.07. The van der Waals surface area contributed by atoms with Gasteiger partial charge in [0.15, 0.2) is 0 Å². The largest absolute Gasteiger partial charge is 0.257 e. The van der Waals surface area contributed by atoms with Crippen LogP contribution in [-0.4, -0.2) is 16.8 Å². The molecule has 2 aliphatic heterocycles. The van der Waals surface area contributed by atoms with Gasteiger partial charge in [0.2, 0.25) is 0 Å². The van der Waals surface area contributed by atoms with Gasteiger partial charge in [0, 0.05) is 12.4 Å². The third-order valence-corrected chi connectivity index (χ3v) is 1.79. The van der Waals surface area contributed by atoms with Crippen LogP contribution in [0.4, 0.5) is 0 Å². The topological polar surface area (TPSA) is 24.7 Å². The molecule has 0 aromatic heterocycles. The highest BCUT2D eigenvalue weighted by Crippen LogP contribution is 2.13. The van der Waals surface area contributed by atoms with Crippen molar-refractivity contribution in [2.24, 2.45) is 9.98 Å². The minimum Gasteiger partial charge on any atom is -0.257 e. The Labute approximate surface area is 63.6 Å². The summed E-state index contributed by atoms with van der Waals surface area (Å²) < 4.78 is 0. The van der Waals surface area contributed by atoms with Gasteiger partial charge in [-0.3, -0.25) is 9.98 Å². The summed E-state index contributed by atoms with van der Waals surface area (Å²) in [6.45, 7) is 0. The molecule has 0 aromatic rings. The van der Waals surface area contributed by atoms with Gasteiger partial charge in [-0.2, -0.15) is 0 Å². The number of allylic oxidation sites excluding steroid dienone is 2. The average Bonchev–Trinajstić information content (AvgIpc) is 2.36. The number of hydrogen-bond donors (Lipinski definition) is 0. The Morgan fingerprint density at radius 3 is 3.00 bits per heavy atom. The lowest BCUT2D eigenvalue weighted by atomic mass is 10.1. The molecule has 2 aliphatic rings. The highest BCUT2D eigenvalue weighted by molar-refractivity contribution is 6.58. The monoisotopic (exact) mass is 152 g/mol. The van der Waals surface area contributed by atoms with Crippen LogP contribution < -0.4 is 0 Å². The number of rotatable bonds is 0. The summed E-state index contributed by atoms with van der Waals surface area (Å²) in [6.07, 6.45) is 7.10. The van der Waals surface area contributed by atoms with Gasteiger partial charge in [0.05, 0.1) is 16.8 Å². The summed E-state index contributed by atoms with van der Waals surface area (Å²) >= 11 is 5.88. The van der Waals surface area contributed by atoms with E-state index in [-0.39, 0.29) is 5.38 Å². The summed E-state index contributed by atoms with van der Waals surface area (Å²) in [6, 6.07) is 0. The Balaban J connectivity index is 2.45. The maximum absolute atomic E-state index is 5.88. The van der Waals surface area contributed by atoms with Crippen LogP contribution in [0.25, 0.3) is 0 Å². The minimum atomic E-state index is -0.0949. The van der Waals surface area contributed by atoms with Crippen LogP contribution in [0.3, 0.4) is 0 Å². The molecule has 50 valence electrons. The van der Waals surface area contributed by atoms with Crippen molar-refractivity contribution >= 4 is 23.0 Å². The molecule has 2 rings (SSSR count). The van der Waals surface area contributed by atoms with Crippen LogP contribution in [0, 0.1) is 0 Å². The van der Waals surface area contributed by atoms with E-state index in [1.165, 1.54) is 0 Å². The van der Waals surface area contributed by atoms with Crippen molar-refractivity contribution in [3.8, 4) is 0 Å². The normalized spacial score (nSPS) is 27.9. The van der Waals surface area contributed by atoms with Gasteiger partial charge < -0.3 is 0 Å². The average molecular weight is 153 g/mol. The van der Waals surface area contributed by atoms with Crippen molar-refractivity contribution in [1.82, 2.24) is 0 Å². The molecular formula is C7H5ClN2. The van der Waals surface area contributed by atoms with Crippen LogP contribution in [0.5, 0.6) is 0 Å². The molecule has 0 amide bonds. The van der Waals surface area contributed by atoms with Gasteiger partial charge in [0.1, 0.15) is 0 Å². The SMILES string of the molecule is Cl[C@H]1C=CN=C2C=CN=C21. The van der Waals surface area contributed by atoms with Crippen LogP contribution in [0.1, 0.15) is 0 Å². The Hall–Kier alpha value is -0.890. The maximum Gasteiger partial charge on any atom is 0.0977 e. The molecule has 0 N–H and O–H groups in total. The first kappa shape index (κ1) is 5.86. The summed E-state index contributed by atoms with van der Waals surface area (Å²) in [5, 5.41) is -0.0949. The van der Waals surface area contributed by atoms with Crippen molar-refractivity contribution in [3.05, 3.63) is 24.6 Å². The number of halogens is 1. The third kappa shape index (κ3) is 0.727. The fourth-order valence-corrected chi connectivity index (χ4v) is 1.18. The zero-order valence-corrected chi connectivity index (χ0v) is 5.92. The minimum absolute atomic E-state index is 0.0949. The molecule has 0 spiro atoms. The van der Waals surface area contributed by atoms with E-state index in [1.54, 1.807) is 12.4 Å². The quantitative estimate of drug-likeness (QED) is 0.471. The first-order chi connectivity index (χ1) is 4.88. The second-order valence-electron chi connectivity index (χ2n) is 2.09. The highest BCUT2D eigenvalue weighted by atomic mass is 35.5. The van der Waals surface area contributed by atoms with E-state index in [1.807, 2.05) is 12.2 Å². The summed E-state index contributed by atoms with van der Waals surface area (Å²) in [4.78, 5) is 8.14. The Morgan fingerprint density at radius 1 is 1.30 bits per heavy atom. The standard InChI is InChI=1S/C7H5ClN2/c8-5-1-3-9-6-2-4-10-7(5)6/h1-5H/t5-/m0/s1. The molecular weight excluding hydrogens is 148 g/mol. The number of hydrogen-bond acceptors (Lipinski definition) is 2. The van der Waals surface area contributed by atoms with E-state index in [0.29, 0.717) is 0 Å². The molecule has 0 unspecified atom stereocenters. The van der Waals surface area contributed by atoms with E-state index in [0.717, 1.165) is 11.4 Å². The lowest BCUT2D eigenvalue weighted by molar-refractivity contribution is 1.39. The van der Waals surface area contributed by atoms with E-state index in [4.69, 9.17) is 11.6 Å². The smallest absolute Gasteiger partial charge is 0.0977 e. The number of aliphatic imine (C=N–C) groups is 2. The molecule has 0 fully saturated rings. The van der Waals surface area contributed by atoms with Gasteiger partial charge in [0.25, 0.3) is 0 Å². The zero-order chi connectivity index (χ0) is 6.97. The van der Waals surface area contributed by atoms with Crippen LogP contribution in [0.2, 0.25) is 0 Å². The lowest BCUT2D eigenvalue weighted by Crippen LogP contribution is -2.21. The second-order valence-corrected chi connectivity index (χ2v) is 2.56. The van der Waals surface area contributed by atoms with Crippen molar-refractivity contribution in [3.63, 3.8) is 0 Å². The predicted octanol–water partition coefficient (Wildman–Crippen LogP) is 1.53. The van der Waals surface area contributed by atoms with E-state index < -0.39 is 0 Å². The van der Waals surface area contributed by atoms with Crippen LogP contribution in [-0.2, 0) is 0 Å². The number of alkyl halides is 1. The first-order valence-corrected chi connectivity index (χ1v) is 3.45. The zero-order valence-electron chi connectivity index (χ0n) is 5.16. The van der Waals surface area contributed by atoms with Crippen molar-refractivity contribution in [2.75, 3.05) is 0 Å². The maximum atomic E-state index is 5.88. The van der Waals surface area contributed by atoms with Gasteiger partial charge >= 0.3 is 0 Å². The number of nitrogens with zero attached hydrogens (tertiary/aromatic N) is 2. The van der Waals surface area contributed by atoms with E-state index in [2.05, 4.69) is 9.98 Å². The number of fused-ring (bicyclic) bond motifs is 1. The fourth-order valence-electron chi connectivity index (χ4n) is 0.951. The molecule has 0 saturated carbocycles. The highest BCUT2D eigenvalue weighted by Gasteiger charge is 2.19. The van der Waals surface area contributed by atoms with E-state index >= 15 is 0 Å². The fraction of sp³-hybridized carbons (Fsp3) is 0.143. The Morgan fingerprint density at radius 2 is 2.20 bits per heavy atom. The van der Waals surface area contributed by atoms with Crippen molar-refractivity contribution in [1.29, 1.82) is 0 Å². The van der Waals surface area contributed by atoms with Crippen molar-refractivity contribution in [2.45, 2.75) is 5.38 Å². The molecule has 0 aliphatic carbocycles. The third-order valence-electron chi connectivity index (χ3n) is 1.44. The molecule has 0 saturated heterocycles. The predicted molar refractivity (Wildman–Crippen MR) is 42.8 cm³/mol. The molecule has 0 radical (unpaired) electrons. The van der Waals surface area contributed by atoms with Gasteiger partial charge in [-0.1, -0.05) is 0 Å². The summed E-state index contributed by atoms with van der Waals surface area (Å²) in [7, 11) is 0. The van der Waals surface area contributed by atoms with E-state index in [9.17, 15) is 0 Å². The Kier molecular flexibility index (Phi) is 1.21.